The van der Waals surface area contributed by atoms with Crippen LogP contribution >= 0.6 is 22.9 Å². The summed E-state index contributed by atoms with van der Waals surface area (Å²) in [5.74, 6) is -0.455. The molecule has 1 aromatic carbocycles. The lowest BCUT2D eigenvalue weighted by Crippen LogP contribution is -2.38. The fraction of sp³-hybridized carbons (Fsp3) is 0.464. The first kappa shape index (κ1) is 32.6. The maximum absolute atomic E-state index is 13.6. The lowest BCUT2D eigenvalue weighted by Gasteiger charge is -2.20. The van der Waals surface area contributed by atoms with Gasteiger partial charge in [-0.3, -0.25) is 19.8 Å². The highest BCUT2D eigenvalue weighted by atomic mass is 35.5. The number of carbonyl (C=O) groups is 2. The molecule has 0 spiro atoms. The molecule has 43 heavy (non-hydrogen) atoms. The molecule has 1 aliphatic heterocycles. The Balaban J connectivity index is 1.45. The molecule has 1 amide bonds. The van der Waals surface area contributed by atoms with E-state index in [0.29, 0.717) is 43.8 Å². The van der Waals surface area contributed by atoms with E-state index in [0.717, 1.165) is 30.3 Å². The smallest absolute Gasteiger partial charge is 0.417 e. The van der Waals surface area contributed by atoms with Gasteiger partial charge in [0, 0.05) is 36.1 Å². The zero-order chi connectivity index (χ0) is 31.1. The van der Waals surface area contributed by atoms with Crippen LogP contribution in [-0.2, 0) is 22.3 Å². The van der Waals surface area contributed by atoms with E-state index in [4.69, 9.17) is 16.3 Å². The molecule has 0 bridgehead atoms. The number of nitrogens with one attached hydrogen (secondary N) is 3. The number of thiazole rings is 1. The summed E-state index contributed by atoms with van der Waals surface area (Å²) in [5.41, 5.74) is -0.286. The second-order valence-electron chi connectivity index (χ2n) is 10.0. The van der Waals surface area contributed by atoms with Crippen LogP contribution in [0.3, 0.4) is 0 Å². The van der Waals surface area contributed by atoms with Crippen molar-refractivity contribution in [3.63, 3.8) is 0 Å². The summed E-state index contributed by atoms with van der Waals surface area (Å²) in [7, 11) is 0. The number of aromatic nitrogens is 3. The first-order valence-corrected chi connectivity index (χ1v) is 15.0. The van der Waals surface area contributed by atoms with Crippen LogP contribution in [0.5, 0.6) is 0 Å². The van der Waals surface area contributed by atoms with Crippen molar-refractivity contribution in [2.45, 2.75) is 58.4 Å². The van der Waals surface area contributed by atoms with Gasteiger partial charge in [-0.25, -0.2) is 15.0 Å². The van der Waals surface area contributed by atoms with Gasteiger partial charge in [-0.15, -0.1) is 0 Å². The van der Waals surface area contributed by atoms with Crippen LogP contribution in [0.2, 0.25) is 5.02 Å². The van der Waals surface area contributed by atoms with Crippen molar-refractivity contribution in [2.24, 2.45) is 0 Å². The monoisotopic (exact) mass is 639 g/mol. The lowest BCUT2D eigenvalue weighted by atomic mass is 10.1. The van der Waals surface area contributed by atoms with E-state index >= 15 is 0 Å². The Kier molecular flexibility index (Phi) is 10.9. The molecular formula is C28H33ClF3N7O3S. The molecule has 3 N–H and O–H groups in total. The average Bonchev–Trinajstić information content (AvgIpc) is 3.56. The van der Waals surface area contributed by atoms with Gasteiger partial charge in [0.15, 0.2) is 5.13 Å². The maximum Gasteiger partial charge on any atom is 0.417 e. The molecule has 0 aliphatic carbocycles. The predicted octanol–water partition coefficient (Wildman–Crippen LogP) is 5.46. The summed E-state index contributed by atoms with van der Waals surface area (Å²) in [6, 6.07) is 3.57. The predicted molar refractivity (Wildman–Crippen MR) is 159 cm³/mol. The Morgan fingerprint density at radius 1 is 1.23 bits per heavy atom. The van der Waals surface area contributed by atoms with E-state index in [9.17, 15) is 22.8 Å². The van der Waals surface area contributed by atoms with Gasteiger partial charge in [-0.1, -0.05) is 29.0 Å². The number of esters is 1. The average molecular weight is 640 g/mol. The molecular weight excluding hydrogens is 607 g/mol. The quantitative estimate of drug-likeness (QED) is 0.175. The standard InChI is InChI=1S/C28H33ClF3N7O3S/c1-4-42-26(41)17(3)33-9-10-34-23-14-35-21(13-36-23)25(40)38-27-37-24(22(43-27)15-39-11-5-6-16(39)2)18-7-8-20(29)19(12-18)28(30,31)32/h7-8,12-14,16-17,33H,4-6,9-11,15H2,1-3H3,(H,34,36)(H,37,38,40)/t16-,17?/m1/s1. The van der Waals surface area contributed by atoms with Crippen LogP contribution in [0, 0.1) is 0 Å². The molecule has 2 aromatic heterocycles. The van der Waals surface area contributed by atoms with Crippen LogP contribution in [0.4, 0.5) is 24.1 Å². The van der Waals surface area contributed by atoms with Crippen molar-refractivity contribution in [1.82, 2.24) is 25.2 Å². The zero-order valence-electron chi connectivity index (χ0n) is 23.9. The van der Waals surface area contributed by atoms with Gasteiger partial charge < -0.3 is 15.4 Å². The van der Waals surface area contributed by atoms with Crippen LogP contribution in [0.15, 0.2) is 30.6 Å². The van der Waals surface area contributed by atoms with Crippen LogP contribution in [0.25, 0.3) is 11.3 Å². The van der Waals surface area contributed by atoms with Crippen molar-refractivity contribution in [3.8, 4) is 11.3 Å². The minimum absolute atomic E-state index is 0.0388. The third-order valence-electron chi connectivity index (χ3n) is 6.91. The second kappa shape index (κ2) is 14.4. The van der Waals surface area contributed by atoms with Gasteiger partial charge in [0.1, 0.15) is 17.6 Å². The summed E-state index contributed by atoms with van der Waals surface area (Å²) < 4.78 is 45.7. The number of ether oxygens (including phenoxy) is 1. The number of alkyl halides is 3. The Bertz CT molecular complexity index is 1420. The first-order chi connectivity index (χ1) is 20.5. The molecule has 0 saturated carbocycles. The summed E-state index contributed by atoms with van der Waals surface area (Å²) in [6.45, 7) is 8.14. The number of anilines is 2. The van der Waals surface area contributed by atoms with Gasteiger partial charge in [-0.05, 0) is 52.3 Å². The van der Waals surface area contributed by atoms with Crippen molar-refractivity contribution in [2.75, 3.05) is 36.9 Å². The number of carbonyl (C=O) groups excluding carboxylic acids is 2. The number of likely N-dealkylation sites (tertiary alicyclic amines) is 1. The van der Waals surface area contributed by atoms with Crippen molar-refractivity contribution in [1.29, 1.82) is 0 Å². The molecule has 15 heteroatoms. The van der Waals surface area contributed by atoms with Gasteiger partial charge in [0.25, 0.3) is 5.91 Å². The van der Waals surface area contributed by atoms with E-state index in [1.165, 1.54) is 35.9 Å². The largest absolute Gasteiger partial charge is 0.465 e. The molecule has 232 valence electrons. The molecule has 3 aromatic rings. The Labute approximate surface area is 256 Å². The fourth-order valence-electron chi connectivity index (χ4n) is 4.57. The number of benzene rings is 1. The summed E-state index contributed by atoms with van der Waals surface area (Å²) in [5, 5.41) is 8.63. The number of hydrogen-bond acceptors (Lipinski definition) is 10. The van der Waals surface area contributed by atoms with Gasteiger partial charge in [0.05, 0.1) is 35.3 Å². The number of hydrogen-bond donors (Lipinski definition) is 3. The SMILES string of the molecule is CCOC(=O)C(C)NCCNc1cnc(C(=O)Nc2nc(-c3ccc(Cl)c(C(F)(F)F)c3)c(CN3CCC[C@H]3C)s2)cn1. The summed E-state index contributed by atoms with van der Waals surface area (Å²) >= 11 is 7.06. The van der Waals surface area contributed by atoms with Gasteiger partial charge >= 0.3 is 12.1 Å². The third-order valence-corrected chi connectivity index (χ3v) is 8.19. The summed E-state index contributed by atoms with van der Waals surface area (Å²) in [6.07, 6.45) is 0.154. The summed E-state index contributed by atoms with van der Waals surface area (Å²) in [4.78, 5) is 40.5. The molecule has 4 rings (SSSR count). The molecule has 1 aliphatic rings. The van der Waals surface area contributed by atoms with E-state index in [2.05, 4.69) is 42.7 Å². The van der Waals surface area contributed by atoms with Gasteiger partial charge in [0.2, 0.25) is 0 Å². The third kappa shape index (κ3) is 8.62. The topological polar surface area (TPSA) is 121 Å². The molecule has 1 fully saturated rings. The number of halogens is 4. The molecule has 0 radical (unpaired) electrons. The normalized spacial score (nSPS) is 16.2. The van der Waals surface area contributed by atoms with Crippen molar-refractivity contribution in [3.05, 3.63) is 51.7 Å². The maximum atomic E-state index is 13.6. The van der Waals surface area contributed by atoms with Crippen LogP contribution in [0.1, 0.15) is 54.5 Å². The molecule has 2 atom stereocenters. The molecule has 1 saturated heterocycles. The zero-order valence-corrected chi connectivity index (χ0v) is 25.5. The number of nitrogens with zero attached hydrogens (tertiary/aromatic N) is 4. The Morgan fingerprint density at radius 3 is 2.67 bits per heavy atom. The minimum atomic E-state index is -4.62. The minimum Gasteiger partial charge on any atom is -0.465 e. The first-order valence-electron chi connectivity index (χ1n) is 13.8. The fourth-order valence-corrected chi connectivity index (χ4v) is 5.80. The Morgan fingerprint density at radius 2 is 2.02 bits per heavy atom. The van der Waals surface area contributed by atoms with Gasteiger partial charge in [-0.2, -0.15) is 13.2 Å². The number of amides is 1. The highest BCUT2D eigenvalue weighted by Gasteiger charge is 2.34. The van der Waals surface area contributed by atoms with Crippen LogP contribution in [-0.4, -0.2) is 70.1 Å². The highest BCUT2D eigenvalue weighted by Crippen LogP contribution is 2.40. The molecule has 10 nitrogen and oxygen atoms in total. The van der Waals surface area contributed by atoms with Crippen LogP contribution < -0.4 is 16.0 Å². The van der Waals surface area contributed by atoms with Crippen molar-refractivity contribution < 1.29 is 27.5 Å². The molecule has 3 heterocycles. The van der Waals surface area contributed by atoms with E-state index < -0.39 is 28.7 Å². The van der Waals surface area contributed by atoms with E-state index in [1.807, 2.05) is 0 Å². The molecule has 1 unspecified atom stereocenters. The van der Waals surface area contributed by atoms with E-state index in [-0.39, 0.29) is 22.4 Å². The Hall–Kier alpha value is -3.33. The lowest BCUT2D eigenvalue weighted by molar-refractivity contribution is -0.145. The highest BCUT2D eigenvalue weighted by molar-refractivity contribution is 7.16. The number of rotatable bonds is 12. The van der Waals surface area contributed by atoms with Crippen molar-refractivity contribution >= 4 is 45.8 Å². The second-order valence-corrected chi connectivity index (χ2v) is 11.5. The van der Waals surface area contributed by atoms with E-state index in [1.54, 1.807) is 13.8 Å².